The first-order valence-electron chi connectivity index (χ1n) is 8.25. The van der Waals surface area contributed by atoms with Crippen LogP contribution in [0.1, 0.15) is 28.6 Å². The Hall–Kier alpha value is -1.86. The minimum absolute atomic E-state index is 0.210. The number of carbonyl (C=O) groups is 1. The second kappa shape index (κ2) is 7.17. The van der Waals surface area contributed by atoms with Crippen LogP contribution < -0.4 is 10.2 Å². The van der Waals surface area contributed by atoms with Crippen molar-refractivity contribution >= 4 is 32.8 Å². The summed E-state index contributed by atoms with van der Waals surface area (Å²) < 4.78 is 23.2. The number of anilines is 1. The number of sulfone groups is 1. The Morgan fingerprint density at radius 3 is 2.52 bits per heavy atom. The van der Waals surface area contributed by atoms with Gasteiger partial charge in [0, 0.05) is 31.6 Å². The van der Waals surface area contributed by atoms with E-state index < -0.39 is 9.84 Å². The number of benzene rings is 1. The van der Waals surface area contributed by atoms with Crippen molar-refractivity contribution in [3.05, 3.63) is 46.8 Å². The second-order valence-electron chi connectivity index (χ2n) is 6.58. The molecule has 1 unspecified atom stereocenters. The fraction of sp³-hybridized carbons (Fsp3) is 0.389. The summed E-state index contributed by atoms with van der Waals surface area (Å²) in [7, 11) is -3.27. The number of hydrogen-bond donors (Lipinski definition) is 1. The fourth-order valence-corrected chi connectivity index (χ4v) is 4.75. The summed E-state index contributed by atoms with van der Waals surface area (Å²) in [6, 6.07) is 11.2. The van der Waals surface area contributed by atoms with E-state index in [1.54, 1.807) is 6.07 Å². The zero-order valence-electron chi connectivity index (χ0n) is 14.4. The fourth-order valence-electron chi connectivity index (χ4n) is 2.91. The summed E-state index contributed by atoms with van der Waals surface area (Å²) in [4.78, 5) is 15.0. The van der Waals surface area contributed by atoms with Crippen LogP contribution in [-0.4, -0.2) is 33.7 Å². The molecule has 25 heavy (non-hydrogen) atoms. The number of nitrogens with zero attached hydrogens (tertiary/aromatic N) is 1. The van der Waals surface area contributed by atoms with E-state index in [1.165, 1.54) is 18.2 Å². The van der Waals surface area contributed by atoms with Gasteiger partial charge in [0.1, 0.15) is 4.21 Å². The SMILES string of the molecule is CC1CCN(c2ccc(CNC(=O)c3ccc(S(C)(=O)=O)s3)cc2)C1. The summed E-state index contributed by atoms with van der Waals surface area (Å²) >= 11 is 0.996. The van der Waals surface area contributed by atoms with E-state index in [1.807, 2.05) is 12.1 Å². The van der Waals surface area contributed by atoms with Crippen molar-refractivity contribution < 1.29 is 13.2 Å². The minimum atomic E-state index is -3.27. The number of rotatable bonds is 5. The number of nitrogens with one attached hydrogen (secondary N) is 1. The third kappa shape index (κ3) is 4.41. The van der Waals surface area contributed by atoms with Gasteiger partial charge >= 0.3 is 0 Å². The summed E-state index contributed by atoms with van der Waals surface area (Å²) in [5.41, 5.74) is 2.24. The molecule has 1 fully saturated rings. The first kappa shape index (κ1) is 17.9. The van der Waals surface area contributed by atoms with Crippen LogP contribution in [0, 0.1) is 5.92 Å². The lowest BCUT2D eigenvalue weighted by molar-refractivity contribution is 0.0955. The van der Waals surface area contributed by atoms with Crippen LogP contribution in [0.2, 0.25) is 0 Å². The van der Waals surface area contributed by atoms with Crippen LogP contribution in [0.15, 0.2) is 40.6 Å². The molecule has 0 bridgehead atoms. The Morgan fingerprint density at radius 2 is 1.96 bits per heavy atom. The largest absolute Gasteiger partial charge is 0.371 e. The molecule has 1 aromatic heterocycles. The van der Waals surface area contributed by atoms with Gasteiger partial charge in [-0.15, -0.1) is 11.3 Å². The molecule has 0 radical (unpaired) electrons. The average molecular weight is 379 g/mol. The number of carbonyl (C=O) groups excluding carboxylic acids is 1. The lowest BCUT2D eigenvalue weighted by Crippen LogP contribution is -2.22. The van der Waals surface area contributed by atoms with E-state index in [9.17, 15) is 13.2 Å². The topological polar surface area (TPSA) is 66.5 Å². The van der Waals surface area contributed by atoms with Crippen molar-refractivity contribution in [3.8, 4) is 0 Å². The van der Waals surface area contributed by atoms with Crippen LogP contribution in [0.3, 0.4) is 0 Å². The lowest BCUT2D eigenvalue weighted by atomic mass is 10.2. The van der Waals surface area contributed by atoms with Crippen LogP contribution in [0.5, 0.6) is 0 Å². The zero-order valence-corrected chi connectivity index (χ0v) is 16.0. The summed E-state index contributed by atoms with van der Waals surface area (Å²) in [6.07, 6.45) is 2.37. The molecule has 7 heteroatoms. The predicted octanol–water partition coefficient (Wildman–Crippen LogP) is 2.93. The van der Waals surface area contributed by atoms with Gasteiger partial charge in [0.2, 0.25) is 0 Å². The number of hydrogen-bond acceptors (Lipinski definition) is 5. The lowest BCUT2D eigenvalue weighted by Gasteiger charge is -2.18. The van der Waals surface area contributed by atoms with E-state index in [-0.39, 0.29) is 10.1 Å². The smallest absolute Gasteiger partial charge is 0.261 e. The van der Waals surface area contributed by atoms with Gasteiger partial charge in [-0.1, -0.05) is 19.1 Å². The van der Waals surface area contributed by atoms with Crippen molar-refractivity contribution in [2.45, 2.75) is 24.1 Å². The predicted molar refractivity (Wildman–Crippen MR) is 101 cm³/mol. The van der Waals surface area contributed by atoms with Crippen molar-refractivity contribution in [2.24, 2.45) is 5.92 Å². The van der Waals surface area contributed by atoms with Crippen LogP contribution in [0.25, 0.3) is 0 Å². The summed E-state index contributed by atoms with van der Waals surface area (Å²) in [5, 5.41) is 2.84. The molecule has 0 aliphatic carbocycles. The third-order valence-corrected chi connectivity index (χ3v) is 7.25. The Morgan fingerprint density at radius 1 is 1.24 bits per heavy atom. The number of amides is 1. The van der Waals surface area contributed by atoms with Gasteiger partial charge in [-0.3, -0.25) is 4.79 Å². The maximum atomic E-state index is 12.2. The monoisotopic (exact) mass is 378 g/mol. The summed E-state index contributed by atoms with van der Waals surface area (Å²) in [6.45, 7) is 4.88. The van der Waals surface area contributed by atoms with Crippen molar-refractivity contribution in [2.75, 3.05) is 24.2 Å². The van der Waals surface area contributed by atoms with Gasteiger partial charge in [0.05, 0.1) is 4.88 Å². The van der Waals surface area contributed by atoms with Gasteiger partial charge in [0.15, 0.2) is 9.84 Å². The van der Waals surface area contributed by atoms with Gasteiger partial charge in [-0.2, -0.15) is 0 Å². The van der Waals surface area contributed by atoms with E-state index in [0.717, 1.165) is 42.2 Å². The van der Waals surface area contributed by atoms with E-state index in [4.69, 9.17) is 0 Å². The first-order chi connectivity index (χ1) is 11.8. The second-order valence-corrected chi connectivity index (χ2v) is 9.91. The van der Waals surface area contributed by atoms with Gasteiger partial charge in [-0.25, -0.2) is 8.42 Å². The zero-order chi connectivity index (χ0) is 18.0. The quantitative estimate of drug-likeness (QED) is 0.869. The molecule has 5 nitrogen and oxygen atoms in total. The van der Waals surface area contributed by atoms with E-state index in [0.29, 0.717) is 11.4 Å². The van der Waals surface area contributed by atoms with Gasteiger partial charge in [-0.05, 0) is 42.2 Å². The molecule has 0 spiro atoms. The maximum absolute atomic E-state index is 12.2. The Labute approximate surface area is 152 Å². The third-order valence-electron chi connectivity index (χ3n) is 4.35. The Bertz CT molecular complexity index is 857. The number of thiophene rings is 1. The van der Waals surface area contributed by atoms with Crippen LogP contribution in [0.4, 0.5) is 5.69 Å². The van der Waals surface area contributed by atoms with Gasteiger partial charge < -0.3 is 10.2 Å². The summed E-state index contributed by atoms with van der Waals surface area (Å²) in [5.74, 6) is 0.485. The van der Waals surface area contributed by atoms with E-state index in [2.05, 4.69) is 29.3 Å². The molecule has 1 aromatic carbocycles. The first-order valence-corrected chi connectivity index (χ1v) is 11.0. The Kier molecular flexibility index (Phi) is 5.15. The molecule has 2 aromatic rings. The molecule has 1 aliphatic rings. The molecule has 1 N–H and O–H groups in total. The molecule has 1 amide bonds. The molecule has 1 aliphatic heterocycles. The van der Waals surface area contributed by atoms with Crippen molar-refractivity contribution in [3.63, 3.8) is 0 Å². The standard InChI is InChI=1S/C18H22N2O3S2/c1-13-9-10-20(12-13)15-5-3-14(4-6-15)11-19-18(21)16-7-8-17(24-16)25(2,22)23/h3-8,13H,9-12H2,1-2H3,(H,19,21). The molecular formula is C18H22N2O3S2. The maximum Gasteiger partial charge on any atom is 0.261 e. The highest BCUT2D eigenvalue weighted by atomic mass is 32.2. The Balaban J connectivity index is 1.58. The molecule has 3 rings (SSSR count). The van der Waals surface area contributed by atoms with Crippen LogP contribution in [-0.2, 0) is 16.4 Å². The molecule has 1 saturated heterocycles. The molecule has 0 saturated carbocycles. The molecule has 1 atom stereocenters. The average Bonchev–Trinajstić information content (AvgIpc) is 3.22. The molecule has 134 valence electrons. The van der Waals surface area contributed by atoms with Crippen molar-refractivity contribution in [1.29, 1.82) is 0 Å². The highest BCUT2D eigenvalue weighted by Crippen LogP contribution is 2.24. The highest BCUT2D eigenvalue weighted by Gasteiger charge is 2.19. The normalized spacial score (nSPS) is 17.7. The van der Waals surface area contributed by atoms with Crippen molar-refractivity contribution in [1.82, 2.24) is 5.32 Å². The highest BCUT2D eigenvalue weighted by molar-refractivity contribution is 7.92. The molecular weight excluding hydrogens is 356 g/mol. The molecule has 2 heterocycles. The van der Waals surface area contributed by atoms with Gasteiger partial charge in [0.25, 0.3) is 5.91 Å². The van der Waals surface area contributed by atoms with Crippen LogP contribution >= 0.6 is 11.3 Å². The minimum Gasteiger partial charge on any atom is -0.371 e. The van der Waals surface area contributed by atoms with E-state index >= 15 is 0 Å².